The maximum absolute atomic E-state index is 11.6. The molecule has 0 spiro atoms. The number of rotatable bonds is 4. The summed E-state index contributed by atoms with van der Waals surface area (Å²) in [5.74, 6) is 0.559. The predicted molar refractivity (Wildman–Crippen MR) is 63.9 cm³/mol. The largest absolute Gasteiger partial charge is 0.326 e. The van der Waals surface area contributed by atoms with Crippen molar-refractivity contribution in [2.45, 2.75) is 33.6 Å². The van der Waals surface area contributed by atoms with E-state index in [-0.39, 0.29) is 5.91 Å². The Kier molecular flexibility index (Phi) is 4.35. The van der Waals surface area contributed by atoms with Gasteiger partial charge in [-0.05, 0) is 25.0 Å². The van der Waals surface area contributed by atoms with Crippen molar-refractivity contribution in [3.63, 3.8) is 0 Å². The summed E-state index contributed by atoms with van der Waals surface area (Å²) in [5.41, 5.74) is 2.09. The van der Waals surface area contributed by atoms with E-state index in [2.05, 4.69) is 19.2 Å². The van der Waals surface area contributed by atoms with Crippen molar-refractivity contribution in [3.05, 3.63) is 29.8 Å². The molecule has 1 rings (SSSR count). The Morgan fingerprint density at radius 3 is 2.47 bits per heavy atom. The highest BCUT2D eigenvalue weighted by Crippen LogP contribution is 2.11. The van der Waals surface area contributed by atoms with E-state index in [9.17, 15) is 4.79 Å². The Morgan fingerprint density at radius 2 is 1.93 bits per heavy atom. The molecule has 0 aliphatic heterocycles. The summed E-state index contributed by atoms with van der Waals surface area (Å²) < 4.78 is 0. The zero-order valence-electron chi connectivity index (χ0n) is 9.71. The second-order valence-electron chi connectivity index (χ2n) is 4.13. The van der Waals surface area contributed by atoms with Crippen LogP contribution >= 0.6 is 0 Å². The minimum absolute atomic E-state index is 0.105. The standard InChI is InChI=1S/C13H19NO/c1-4-10(2)9-13(15)14-12-7-5-11(3)6-8-12/h5-8,10H,4,9H2,1-3H3,(H,14,15). The molecule has 15 heavy (non-hydrogen) atoms. The molecule has 0 bridgehead atoms. The molecule has 0 heterocycles. The fraction of sp³-hybridized carbons (Fsp3) is 0.462. The Balaban J connectivity index is 2.48. The number of benzene rings is 1. The first-order chi connectivity index (χ1) is 7.11. The lowest BCUT2D eigenvalue weighted by Crippen LogP contribution is -2.14. The number of anilines is 1. The van der Waals surface area contributed by atoms with E-state index < -0.39 is 0 Å². The van der Waals surface area contributed by atoms with Crippen LogP contribution in [0.15, 0.2) is 24.3 Å². The molecule has 0 radical (unpaired) electrons. The molecule has 1 amide bonds. The van der Waals surface area contributed by atoms with Crippen LogP contribution in [0.5, 0.6) is 0 Å². The summed E-state index contributed by atoms with van der Waals surface area (Å²) in [7, 11) is 0. The maximum atomic E-state index is 11.6. The highest BCUT2D eigenvalue weighted by Gasteiger charge is 2.06. The molecule has 0 aromatic heterocycles. The van der Waals surface area contributed by atoms with Crippen LogP contribution in [0.1, 0.15) is 32.3 Å². The minimum Gasteiger partial charge on any atom is -0.326 e. The van der Waals surface area contributed by atoms with Gasteiger partial charge in [-0.2, -0.15) is 0 Å². The van der Waals surface area contributed by atoms with E-state index in [0.717, 1.165) is 12.1 Å². The van der Waals surface area contributed by atoms with Gasteiger partial charge in [0.2, 0.25) is 5.91 Å². The first-order valence-corrected chi connectivity index (χ1v) is 5.48. The normalized spacial score (nSPS) is 12.2. The van der Waals surface area contributed by atoms with Crippen LogP contribution in [-0.2, 0) is 4.79 Å². The molecular weight excluding hydrogens is 186 g/mol. The highest BCUT2D eigenvalue weighted by molar-refractivity contribution is 5.90. The van der Waals surface area contributed by atoms with E-state index in [0.29, 0.717) is 12.3 Å². The lowest BCUT2D eigenvalue weighted by atomic mass is 10.1. The quantitative estimate of drug-likeness (QED) is 0.802. The van der Waals surface area contributed by atoms with Gasteiger partial charge in [0.25, 0.3) is 0 Å². The lowest BCUT2D eigenvalue weighted by Gasteiger charge is -2.09. The summed E-state index contributed by atoms with van der Waals surface area (Å²) in [4.78, 5) is 11.6. The summed E-state index contributed by atoms with van der Waals surface area (Å²) in [6.07, 6.45) is 1.64. The van der Waals surface area contributed by atoms with Crippen LogP contribution in [0.4, 0.5) is 5.69 Å². The van der Waals surface area contributed by atoms with Gasteiger partial charge in [-0.1, -0.05) is 38.0 Å². The predicted octanol–water partition coefficient (Wildman–Crippen LogP) is 3.37. The third-order valence-corrected chi connectivity index (χ3v) is 2.57. The van der Waals surface area contributed by atoms with Crippen molar-refractivity contribution < 1.29 is 4.79 Å². The van der Waals surface area contributed by atoms with Gasteiger partial charge in [-0.25, -0.2) is 0 Å². The Hall–Kier alpha value is -1.31. The third-order valence-electron chi connectivity index (χ3n) is 2.57. The van der Waals surface area contributed by atoms with Gasteiger partial charge in [0.05, 0.1) is 0 Å². The van der Waals surface area contributed by atoms with Crippen molar-refractivity contribution in [1.29, 1.82) is 0 Å². The SMILES string of the molecule is CCC(C)CC(=O)Nc1ccc(C)cc1. The second kappa shape index (κ2) is 5.54. The van der Waals surface area contributed by atoms with E-state index in [1.165, 1.54) is 5.56 Å². The molecule has 2 heteroatoms. The Morgan fingerprint density at radius 1 is 1.33 bits per heavy atom. The van der Waals surface area contributed by atoms with Gasteiger partial charge >= 0.3 is 0 Å². The van der Waals surface area contributed by atoms with Gasteiger partial charge in [0.15, 0.2) is 0 Å². The molecular formula is C13H19NO. The van der Waals surface area contributed by atoms with Crippen molar-refractivity contribution in [3.8, 4) is 0 Å². The molecule has 1 N–H and O–H groups in total. The van der Waals surface area contributed by atoms with E-state index in [1.54, 1.807) is 0 Å². The summed E-state index contributed by atoms with van der Waals surface area (Å²) in [6.45, 7) is 6.23. The molecule has 1 unspecified atom stereocenters. The van der Waals surface area contributed by atoms with Gasteiger partial charge < -0.3 is 5.32 Å². The number of carbonyl (C=O) groups excluding carboxylic acids is 1. The van der Waals surface area contributed by atoms with Crippen LogP contribution in [0.3, 0.4) is 0 Å². The monoisotopic (exact) mass is 205 g/mol. The fourth-order valence-electron chi connectivity index (χ4n) is 1.31. The smallest absolute Gasteiger partial charge is 0.224 e. The van der Waals surface area contributed by atoms with Crippen molar-refractivity contribution in [2.75, 3.05) is 5.32 Å². The number of hydrogen-bond donors (Lipinski definition) is 1. The van der Waals surface area contributed by atoms with Gasteiger partial charge in [-0.15, -0.1) is 0 Å². The average molecular weight is 205 g/mol. The van der Waals surface area contributed by atoms with Crippen LogP contribution < -0.4 is 5.32 Å². The highest BCUT2D eigenvalue weighted by atomic mass is 16.1. The van der Waals surface area contributed by atoms with Crippen molar-refractivity contribution >= 4 is 11.6 Å². The topological polar surface area (TPSA) is 29.1 Å². The van der Waals surface area contributed by atoms with Crippen LogP contribution in [0.2, 0.25) is 0 Å². The average Bonchev–Trinajstić information content (AvgIpc) is 2.21. The first kappa shape index (κ1) is 11.8. The van der Waals surface area contributed by atoms with Crippen molar-refractivity contribution in [2.24, 2.45) is 5.92 Å². The molecule has 0 saturated carbocycles. The number of amides is 1. The zero-order chi connectivity index (χ0) is 11.3. The number of hydrogen-bond acceptors (Lipinski definition) is 1. The molecule has 2 nitrogen and oxygen atoms in total. The molecule has 1 aromatic rings. The summed E-state index contributed by atoms with van der Waals surface area (Å²) in [6, 6.07) is 7.87. The molecule has 0 aliphatic carbocycles. The number of aryl methyl sites for hydroxylation is 1. The van der Waals surface area contributed by atoms with Gasteiger partial charge in [-0.3, -0.25) is 4.79 Å². The first-order valence-electron chi connectivity index (χ1n) is 5.48. The lowest BCUT2D eigenvalue weighted by molar-refractivity contribution is -0.117. The van der Waals surface area contributed by atoms with Crippen LogP contribution in [-0.4, -0.2) is 5.91 Å². The van der Waals surface area contributed by atoms with Crippen LogP contribution in [0.25, 0.3) is 0 Å². The Bertz CT molecular complexity index is 316. The minimum atomic E-state index is 0.105. The van der Waals surface area contributed by atoms with Crippen molar-refractivity contribution in [1.82, 2.24) is 0 Å². The second-order valence-corrected chi connectivity index (χ2v) is 4.13. The summed E-state index contributed by atoms with van der Waals surface area (Å²) >= 11 is 0. The molecule has 0 fully saturated rings. The van der Waals surface area contributed by atoms with E-state index in [1.807, 2.05) is 31.2 Å². The third kappa shape index (κ3) is 4.15. The number of nitrogens with one attached hydrogen (secondary N) is 1. The molecule has 1 aromatic carbocycles. The fourth-order valence-corrected chi connectivity index (χ4v) is 1.31. The molecule has 82 valence electrons. The number of carbonyl (C=O) groups is 1. The summed E-state index contributed by atoms with van der Waals surface area (Å²) in [5, 5.41) is 2.90. The molecule has 0 saturated heterocycles. The van der Waals surface area contributed by atoms with E-state index in [4.69, 9.17) is 0 Å². The van der Waals surface area contributed by atoms with Gasteiger partial charge in [0.1, 0.15) is 0 Å². The van der Waals surface area contributed by atoms with Crippen LogP contribution in [0, 0.1) is 12.8 Å². The zero-order valence-corrected chi connectivity index (χ0v) is 9.71. The molecule has 0 aliphatic rings. The van der Waals surface area contributed by atoms with Gasteiger partial charge in [0, 0.05) is 12.1 Å². The molecule has 1 atom stereocenters. The maximum Gasteiger partial charge on any atom is 0.224 e. The Labute approximate surface area is 91.7 Å². The van der Waals surface area contributed by atoms with E-state index >= 15 is 0 Å².